The lowest BCUT2D eigenvalue weighted by molar-refractivity contribution is 0.0941. The third-order valence-electron chi connectivity index (χ3n) is 5.10. The summed E-state index contributed by atoms with van der Waals surface area (Å²) in [5, 5.41) is 7.48. The van der Waals surface area contributed by atoms with Crippen LogP contribution in [-0.2, 0) is 0 Å². The van der Waals surface area contributed by atoms with Crippen LogP contribution in [0.1, 0.15) is 40.0 Å². The maximum atomic E-state index is 12.8. The summed E-state index contributed by atoms with van der Waals surface area (Å²) in [5.74, 6) is -0.184. The SMILES string of the molecule is Cc1ccc(-c2ccnc3c(C(=O)NC(C)c4ccccc4)cnn23)cc1C. The third kappa shape index (κ3) is 3.27. The zero-order chi connectivity index (χ0) is 19.7. The van der Waals surface area contributed by atoms with Crippen molar-refractivity contribution < 1.29 is 4.79 Å². The Hall–Kier alpha value is -3.47. The van der Waals surface area contributed by atoms with Gasteiger partial charge in [0.15, 0.2) is 5.65 Å². The van der Waals surface area contributed by atoms with E-state index in [0.717, 1.165) is 16.8 Å². The summed E-state index contributed by atoms with van der Waals surface area (Å²) in [6.45, 7) is 6.14. The smallest absolute Gasteiger partial charge is 0.257 e. The maximum Gasteiger partial charge on any atom is 0.257 e. The van der Waals surface area contributed by atoms with Crippen molar-refractivity contribution in [1.82, 2.24) is 19.9 Å². The lowest BCUT2D eigenvalue weighted by atomic mass is 10.0. The van der Waals surface area contributed by atoms with Gasteiger partial charge in [-0.05, 0) is 49.6 Å². The van der Waals surface area contributed by atoms with E-state index in [4.69, 9.17) is 0 Å². The predicted molar refractivity (Wildman–Crippen MR) is 110 cm³/mol. The van der Waals surface area contributed by atoms with Crippen LogP contribution < -0.4 is 5.32 Å². The second-order valence-electron chi connectivity index (χ2n) is 7.03. The minimum atomic E-state index is -0.184. The molecule has 2 heterocycles. The summed E-state index contributed by atoms with van der Waals surface area (Å²) in [4.78, 5) is 17.3. The molecule has 1 amide bonds. The molecule has 0 aliphatic carbocycles. The van der Waals surface area contributed by atoms with Crippen molar-refractivity contribution >= 4 is 11.6 Å². The van der Waals surface area contributed by atoms with Gasteiger partial charge in [-0.3, -0.25) is 4.79 Å². The van der Waals surface area contributed by atoms with Crippen LogP contribution in [0.25, 0.3) is 16.9 Å². The molecule has 0 aliphatic rings. The molecule has 0 spiro atoms. The van der Waals surface area contributed by atoms with Crippen molar-refractivity contribution in [2.24, 2.45) is 0 Å². The number of hydrogen-bond donors (Lipinski definition) is 1. The van der Waals surface area contributed by atoms with E-state index in [2.05, 4.69) is 47.4 Å². The van der Waals surface area contributed by atoms with Crippen molar-refractivity contribution in [3.05, 3.63) is 89.2 Å². The van der Waals surface area contributed by atoms with Crippen molar-refractivity contribution in [3.8, 4) is 11.3 Å². The Bertz CT molecular complexity index is 1150. The number of aryl methyl sites for hydroxylation is 2. The van der Waals surface area contributed by atoms with E-state index in [0.29, 0.717) is 11.2 Å². The second-order valence-corrected chi connectivity index (χ2v) is 7.03. The van der Waals surface area contributed by atoms with Crippen LogP contribution in [-0.4, -0.2) is 20.5 Å². The van der Waals surface area contributed by atoms with Crippen LogP contribution in [0.3, 0.4) is 0 Å². The normalized spacial score (nSPS) is 12.1. The van der Waals surface area contributed by atoms with Crippen molar-refractivity contribution in [2.45, 2.75) is 26.8 Å². The van der Waals surface area contributed by atoms with Crippen LogP contribution >= 0.6 is 0 Å². The molecule has 4 aromatic rings. The van der Waals surface area contributed by atoms with Crippen LogP contribution in [0, 0.1) is 13.8 Å². The highest BCUT2D eigenvalue weighted by atomic mass is 16.1. The van der Waals surface area contributed by atoms with Gasteiger partial charge in [-0.25, -0.2) is 9.50 Å². The third-order valence-corrected chi connectivity index (χ3v) is 5.10. The van der Waals surface area contributed by atoms with Crippen molar-refractivity contribution in [1.29, 1.82) is 0 Å². The average molecular weight is 370 g/mol. The summed E-state index contributed by atoms with van der Waals surface area (Å²) in [7, 11) is 0. The molecule has 4 rings (SSSR count). The molecule has 1 atom stereocenters. The van der Waals surface area contributed by atoms with Crippen LogP contribution in [0.4, 0.5) is 0 Å². The summed E-state index contributed by atoms with van der Waals surface area (Å²) in [6, 6.07) is 18.0. The standard InChI is InChI=1S/C23H22N4O/c1-15-9-10-19(13-16(15)2)21-11-12-24-22-20(14-25-27(21)22)23(28)26-17(3)18-7-5-4-6-8-18/h4-14,17H,1-3H3,(H,26,28). The van der Waals surface area contributed by atoms with E-state index in [1.165, 1.54) is 11.1 Å². The predicted octanol–water partition coefficient (Wildman–Crippen LogP) is 4.50. The molecule has 0 saturated carbocycles. The fourth-order valence-electron chi connectivity index (χ4n) is 3.27. The van der Waals surface area contributed by atoms with E-state index < -0.39 is 0 Å². The van der Waals surface area contributed by atoms with Gasteiger partial charge in [0.1, 0.15) is 5.56 Å². The molecule has 2 aromatic carbocycles. The van der Waals surface area contributed by atoms with E-state index in [1.807, 2.05) is 43.3 Å². The topological polar surface area (TPSA) is 59.3 Å². The Morgan fingerprint density at radius 3 is 2.57 bits per heavy atom. The summed E-state index contributed by atoms with van der Waals surface area (Å²) >= 11 is 0. The summed E-state index contributed by atoms with van der Waals surface area (Å²) < 4.78 is 1.73. The zero-order valence-corrected chi connectivity index (χ0v) is 16.2. The van der Waals surface area contributed by atoms with Gasteiger partial charge in [0.2, 0.25) is 0 Å². The molecule has 1 N–H and O–H groups in total. The van der Waals surface area contributed by atoms with E-state index in [9.17, 15) is 4.79 Å². The molecule has 5 heteroatoms. The molecule has 28 heavy (non-hydrogen) atoms. The van der Waals surface area contributed by atoms with Crippen molar-refractivity contribution in [3.63, 3.8) is 0 Å². The van der Waals surface area contributed by atoms with E-state index >= 15 is 0 Å². The van der Waals surface area contributed by atoms with Crippen molar-refractivity contribution in [2.75, 3.05) is 0 Å². The highest BCUT2D eigenvalue weighted by Crippen LogP contribution is 2.23. The fourth-order valence-corrected chi connectivity index (χ4v) is 3.27. The van der Waals surface area contributed by atoms with Gasteiger partial charge in [-0.2, -0.15) is 5.10 Å². The van der Waals surface area contributed by atoms with Gasteiger partial charge in [0.05, 0.1) is 17.9 Å². The molecule has 140 valence electrons. The first-order chi connectivity index (χ1) is 13.5. The Morgan fingerprint density at radius 1 is 1.04 bits per heavy atom. The number of carbonyl (C=O) groups excluding carboxylic acids is 1. The van der Waals surface area contributed by atoms with Crippen LogP contribution in [0.5, 0.6) is 0 Å². The number of fused-ring (bicyclic) bond motifs is 1. The number of hydrogen-bond acceptors (Lipinski definition) is 3. The lowest BCUT2D eigenvalue weighted by Crippen LogP contribution is -2.26. The molecule has 1 unspecified atom stereocenters. The quantitative estimate of drug-likeness (QED) is 0.575. The Morgan fingerprint density at radius 2 is 1.82 bits per heavy atom. The molecule has 5 nitrogen and oxygen atoms in total. The number of benzene rings is 2. The molecule has 0 saturated heterocycles. The minimum Gasteiger partial charge on any atom is -0.345 e. The molecule has 0 bridgehead atoms. The lowest BCUT2D eigenvalue weighted by Gasteiger charge is -2.13. The second kappa shape index (κ2) is 7.27. The van der Waals surface area contributed by atoms with Gasteiger partial charge in [0.25, 0.3) is 5.91 Å². The molecule has 0 radical (unpaired) electrons. The molecule has 2 aromatic heterocycles. The number of nitrogens with one attached hydrogen (secondary N) is 1. The van der Waals surface area contributed by atoms with E-state index in [1.54, 1.807) is 16.9 Å². The highest BCUT2D eigenvalue weighted by molar-refractivity contribution is 6.00. The van der Waals surface area contributed by atoms with Gasteiger partial charge in [-0.15, -0.1) is 0 Å². The summed E-state index contributed by atoms with van der Waals surface area (Å²) in [6.07, 6.45) is 3.30. The van der Waals surface area contributed by atoms with Crippen LogP contribution in [0.2, 0.25) is 0 Å². The highest BCUT2D eigenvalue weighted by Gasteiger charge is 2.18. The van der Waals surface area contributed by atoms with Crippen LogP contribution in [0.15, 0.2) is 67.0 Å². The van der Waals surface area contributed by atoms with Gasteiger partial charge < -0.3 is 5.32 Å². The van der Waals surface area contributed by atoms with E-state index in [-0.39, 0.29) is 11.9 Å². The fraction of sp³-hybridized carbons (Fsp3) is 0.174. The number of carbonyl (C=O) groups is 1. The van der Waals surface area contributed by atoms with Gasteiger partial charge in [0, 0.05) is 11.8 Å². The summed E-state index contributed by atoms with van der Waals surface area (Å²) in [5.41, 5.74) is 6.47. The number of amides is 1. The van der Waals surface area contributed by atoms with Gasteiger partial charge >= 0.3 is 0 Å². The zero-order valence-electron chi connectivity index (χ0n) is 16.2. The van der Waals surface area contributed by atoms with Gasteiger partial charge in [-0.1, -0.05) is 42.5 Å². The first-order valence-corrected chi connectivity index (χ1v) is 9.31. The average Bonchev–Trinajstić information content (AvgIpc) is 3.15. The number of aromatic nitrogens is 3. The first-order valence-electron chi connectivity index (χ1n) is 9.31. The Balaban J connectivity index is 1.68. The monoisotopic (exact) mass is 370 g/mol. The molecule has 0 fully saturated rings. The molecule has 0 aliphatic heterocycles. The Kier molecular flexibility index (Phi) is 4.65. The Labute approximate surface area is 164 Å². The molecular weight excluding hydrogens is 348 g/mol. The molecular formula is C23H22N4O. The minimum absolute atomic E-state index is 0.105. The number of rotatable bonds is 4. The first kappa shape index (κ1) is 17.9. The largest absolute Gasteiger partial charge is 0.345 e. The maximum absolute atomic E-state index is 12.8. The number of nitrogens with zero attached hydrogens (tertiary/aromatic N) is 3.